The summed E-state index contributed by atoms with van der Waals surface area (Å²) in [6.45, 7) is 66.1. The lowest BCUT2D eigenvalue weighted by atomic mass is 9.75. The lowest BCUT2D eigenvalue weighted by Gasteiger charge is -2.35. The average Bonchev–Trinajstić information content (AvgIpc) is 0.781. The van der Waals surface area contributed by atoms with Gasteiger partial charge in [-0.3, -0.25) is 9.59 Å². The molecule has 566 valence electrons. The number of phenols is 5. The molecule has 1 aliphatic heterocycles. The van der Waals surface area contributed by atoms with Gasteiger partial charge in [-0.05, 0) is 227 Å². The highest BCUT2D eigenvalue weighted by Gasteiger charge is 2.36. The first-order valence-electron chi connectivity index (χ1n) is 36.7. The van der Waals surface area contributed by atoms with E-state index in [2.05, 4.69) is 223 Å². The van der Waals surface area contributed by atoms with Gasteiger partial charge in [0, 0.05) is 18.3 Å². The molecule has 1 saturated heterocycles. The van der Waals surface area contributed by atoms with E-state index in [9.17, 15) is 35.1 Å². The molecule has 5 N–H and O–H groups in total. The normalized spacial score (nSPS) is 13.7. The van der Waals surface area contributed by atoms with Gasteiger partial charge in [0.15, 0.2) is 6.29 Å². The Labute approximate surface area is 618 Å². The Kier molecular flexibility index (Phi) is 28.4. The number of ether oxygens (including phenoxy) is 4. The van der Waals surface area contributed by atoms with E-state index in [0.29, 0.717) is 61.9 Å². The van der Waals surface area contributed by atoms with Gasteiger partial charge in [-0.25, -0.2) is 0 Å². The molecule has 0 bridgehead atoms. The number of carbonyl (C=O) groups excluding carboxylic acids is 2. The molecule has 0 spiro atoms. The number of aromatic hydroxyl groups is 5. The predicted molar refractivity (Wildman–Crippen MR) is 424 cm³/mol. The Morgan fingerprint density at radius 3 is 0.922 bits per heavy atom. The summed E-state index contributed by atoms with van der Waals surface area (Å²) in [6, 6.07) is 22.8. The van der Waals surface area contributed by atoms with E-state index >= 15 is 0 Å². The fraction of sp³-hybridized carbons (Fsp3) is 0.582. The summed E-state index contributed by atoms with van der Waals surface area (Å²) in [4.78, 5) is 23.3. The number of carbonyl (C=O) groups is 2. The van der Waals surface area contributed by atoms with Gasteiger partial charge in [-0.2, -0.15) is 0 Å². The first-order chi connectivity index (χ1) is 45.9. The van der Waals surface area contributed by atoms with Gasteiger partial charge in [0.25, 0.3) is 0 Å². The van der Waals surface area contributed by atoms with Gasteiger partial charge in [0.05, 0.1) is 20.3 Å². The van der Waals surface area contributed by atoms with Gasteiger partial charge in [0.1, 0.15) is 35.4 Å². The molecule has 102 heavy (non-hydrogen) atoms. The number of hydrogen-bond acceptors (Lipinski definition) is 11. The molecule has 0 radical (unpaired) electrons. The van der Waals surface area contributed by atoms with E-state index in [1.165, 1.54) is 57.2 Å². The van der Waals surface area contributed by atoms with Crippen LogP contribution in [0.4, 0.5) is 0 Å². The molecule has 11 nitrogen and oxygen atoms in total. The number of rotatable bonds is 15. The van der Waals surface area contributed by atoms with E-state index in [1.807, 2.05) is 45.0 Å². The quantitative estimate of drug-likeness (QED) is 0.0620. The number of aryl methyl sites for hydroxylation is 3. The van der Waals surface area contributed by atoms with Crippen LogP contribution in [0.1, 0.15) is 318 Å². The Hall–Kier alpha value is -6.82. The van der Waals surface area contributed by atoms with Crippen molar-refractivity contribution in [2.75, 3.05) is 26.9 Å². The zero-order valence-corrected chi connectivity index (χ0v) is 68.4. The highest BCUT2D eigenvalue weighted by Crippen LogP contribution is 2.46. The van der Waals surface area contributed by atoms with Crippen LogP contribution < -0.4 is 0 Å². The van der Waals surface area contributed by atoms with Crippen molar-refractivity contribution in [1.29, 1.82) is 0 Å². The molecule has 6 aromatic rings. The highest BCUT2D eigenvalue weighted by molar-refractivity contribution is 5.70. The maximum Gasteiger partial charge on any atom is 0.306 e. The van der Waals surface area contributed by atoms with Crippen molar-refractivity contribution in [1.82, 2.24) is 0 Å². The van der Waals surface area contributed by atoms with Crippen LogP contribution in [-0.4, -0.2) is 70.7 Å². The van der Waals surface area contributed by atoms with Crippen molar-refractivity contribution < 1.29 is 54.1 Å². The molecular weight excluding hydrogens is 1270 g/mol. The number of methoxy groups -OCH3 is 1. The standard InChI is InChI=1S/C54H78O3.C18H26O5.C18H28O3.CH4/c1-31-37(22-34-25-40(49(4,5)6)46(55)41(26-34)50(7,8)9)32(2)39(24-36-29-44(53(16,17)18)48(57)45(30-36)54(19,20)21)33(3)38(31)23-35-27-42(51(10,11)12)47(56)43(28-35)52(13,14)15;1-13-11-14(5-7-15(13)19)6-8-16(20)23-12-18(2,3)17-21-9-4-10-22-17;1-17(2,3)13-10-12(8-9-15(19)21-7)11-14(16(13)20)18(4,5)6;/h25-30,55-57H,22-24H2,1-21H3;5,7,11,17,19H,4,6,8-10,12H2,1-3H3;10-11,20H,8-9H2,1-7H3;1H4. The number of hydrogen-bond donors (Lipinski definition) is 5. The highest BCUT2D eigenvalue weighted by atomic mass is 16.7. The molecule has 0 unspecified atom stereocenters. The van der Waals surface area contributed by atoms with Crippen molar-refractivity contribution in [3.63, 3.8) is 0 Å². The van der Waals surface area contributed by atoms with Crippen molar-refractivity contribution in [2.24, 2.45) is 5.41 Å². The number of phenolic OH excluding ortho intramolecular Hbond substituents is 5. The smallest absolute Gasteiger partial charge is 0.306 e. The lowest BCUT2D eigenvalue weighted by molar-refractivity contribution is -0.237. The summed E-state index contributed by atoms with van der Waals surface area (Å²) >= 11 is 0. The minimum atomic E-state index is -0.370. The molecular formula is C91H136O11. The van der Waals surface area contributed by atoms with Crippen LogP contribution in [0.3, 0.4) is 0 Å². The van der Waals surface area contributed by atoms with Gasteiger partial charge in [0.2, 0.25) is 0 Å². The second-order valence-corrected chi connectivity index (χ2v) is 37.8. The van der Waals surface area contributed by atoms with Crippen molar-refractivity contribution in [3.8, 4) is 28.7 Å². The van der Waals surface area contributed by atoms with E-state index < -0.39 is 0 Å². The zero-order valence-electron chi connectivity index (χ0n) is 68.4. The van der Waals surface area contributed by atoms with Gasteiger partial charge < -0.3 is 44.5 Å². The topological polar surface area (TPSA) is 172 Å². The SMILES string of the molecule is C.COC(=O)CCc1cc(C(C)(C)C)c(O)c(C(C)(C)C)c1.Cc1c(Cc2cc(C(C)(C)C)c(O)c(C(C)(C)C)c2)c(C)c(Cc2cc(C(C)(C)C)c(O)c(C(C)(C)C)c2)c(C)c1Cc1cc(C(C)(C)C)c(O)c(C(C)(C)C)c1.Cc1cc(CCC(=O)OCC(C)(C)C2OCCCO2)ccc1O. The predicted octanol–water partition coefficient (Wildman–Crippen LogP) is 22.0. The van der Waals surface area contributed by atoms with E-state index in [-0.39, 0.29) is 86.7 Å². The molecule has 0 atom stereocenters. The lowest BCUT2D eigenvalue weighted by Crippen LogP contribution is -2.41. The third-order valence-electron chi connectivity index (χ3n) is 19.8. The Morgan fingerprint density at radius 2 is 0.657 bits per heavy atom. The molecule has 11 heteroatoms. The Bertz CT molecular complexity index is 3480. The summed E-state index contributed by atoms with van der Waals surface area (Å²) in [5.41, 5.74) is 20.1. The van der Waals surface area contributed by atoms with Gasteiger partial charge >= 0.3 is 11.9 Å². The number of benzene rings is 6. The molecule has 0 aromatic heterocycles. The third kappa shape index (κ3) is 22.8. The van der Waals surface area contributed by atoms with Crippen LogP contribution in [-0.2, 0) is 104 Å². The summed E-state index contributed by atoms with van der Waals surface area (Å²) < 4.78 is 21.3. The number of esters is 2. The molecule has 1 fully saturated rings. The van der Waals surface area contributed by atoms with Crippen LogP contribution in [0.5, 0.6) is 28.7 Å². The second-order valence-electron chi connectivity index (χ2n) is 37.8. The van der Waals surface area contributed by atoms with E-state index in [1.54, 1.807) is 6.07 Å². The Balaban J connectivity index is 0.000000398. The van der Waals surface area contributed by atoms with Crippen LogP contribution in [0, 0.1) is 33.1 Å². The zero-order chi connectivity index (χ0) is 77.1. The van der Waals surface area contributed by atoms with Gasteiger partial charge in [-0.1, -0.05) is 248 Å². The van der Waals surface area contributed by atoms with Crippen LogP contribution in [0.2, 0.25) is 0 Å². The monoisotopic (exact) mass is 1410 g/mol. The third-order valence-corrected chi connectivity index (χ3v) is 19.8. The maximum atomic E-state index is 11.9. The first-order valence-corrected chi connectivity index (χ1v) is 36.7. The minimum absolute atomic E-state index is 0. The largest absolute Gasteiger partial charge is 0.508 e. The van der Waals surface area contributed by atoms with Crippen LogP contribution in [0.15, 0.2) is 66.7 Å². The fourth-order valence-electron chi connectivity index (χ4n) is 13.4. The molecule has 0 saturated carbocycles. The summed E-state index contributed by atoms with van der Waals surface area (Å²) in [5.74, 6) is 1.42. The molecule has 0 aliphatic carbocycles. The summed E-state index contributed by atoms with van der Waals surface area (Å²) in [6.07, 6.45) is 4.70. The maximum absolute atomic E-state index is 11.9. The molecule has 1 aliphatic rings. The van der Waals surface area contributed by atoms with E-state index in [4.69, 9.17) is 18.9 Å². The van der Waals surface area contributed by atoms with Gasteiger partial charge in [-0.15, -0.1) is 0 Å². The first kappa shape index (κ1) is 87.6. The molecule has 7 rings (SSSR count). The average molecular weight is 1410 g/mol. The minimum Gasteiger partial charge on any atom is -0.508 e. The van der Waals surface area contributed by atoms with Crippen LogP contribution >= 0.6 is 0 Å². The Morgan fingerprint density at radius 1 is 0.392 bits per heavy atom. The molecule has 6 aromatic carbocycles. The summed E-state index contributed by atoms with van der Waals surface area (Å²) in [5, 5.41) is 55.0. The van der Waals surface area contributed by atoms with Crippen LogP contribution in [0.25, 0.3) is 0 Å². The summed E-state index contributed by atoms with van der Waals surface area (Å²) in [7, 11) is 1.40. The van der Waals surface area contributed by atoms with Crippen molar-refractivity contribution in [2.45, 2.75) is 316 Å². The van der Waals surface area contributed by atoms with Crippen molar-refractivity contribution in [3.05, 3.63) is 178 Å². The van der Waals surface area contributed by atoms with E-state index in [0.717, 1.165) is 86.9 Å². The molecule has 1 heterocycles. The second kappa shape index (κ2) is 33.1. The fourth-order valence-corrected chi connectivity index (χ4v) is 13.4. The van der Waals surface area contributed by atoms with Crippen molar-refractivity contribution >= 4 is 11.9 Å². The molecule has 0 amide bonds.